The van der Waals surface area contributed by atoms with Crippen molar-refractivity contribution in [3.05, 3.63) is 17.5 Å². The molecule has 2 aliphatic heterocycles. The summed E-state index contributed by atoms with van der Waals surface area (Å²) in [7, 11) is 0. The number of nitrogens with zero attached hydrogens (tertiary/aromatic N) is 3. The van der Waals surface area contributed by atoms with Gasteiger partial charge in [0.1, 0.15) is 0 Å². The van der Waals surface area contributed by atoms with Gasteiger partial charge in [0.15, 0.2) is 0 Å². The first-order valence-electron chi connectivity index (χ1n) is 9.76. The summed E-state index contributed by atoms with van der Waals surface area (Å²) in [5.41, 5.74) is 2.73. The van der Waals surface area contributed by atoms with Crippen LogP contribution in [0, 0.1) is 11.8 Å². The summed E-state index contributed by atoms with van der Waals surface area (Å²) in [6.45, 7) is 9.98. The highest BCUT2D eigenvalue weighted by molar-refractivity contribution is 5.25. The van der Waals surface area contributed by atoms with E-state index < -0.39 is 0 Å². The molecule has 3 heterocycles. The minimum Gasteiger partial charge on any atom is -0.381 e. The number of aromatic nitrogens is 2. The number of hydrogen-bond acceptors (Lipinski definition) is 4. The van der Waals surface area contributed by atoms with E-state index in [0.717, 1.165) is 57.9 Å². The quantitative estimate of drug-likeness (QED) is 0.769. The highest BCUT2D eigenvalue weighted by Crippen LogP contribution is 2.33. The van der Waals surface area contributed by atoms with Crippen LogP contribution in [0.1, 0.15) is 49.8 Å². The first-order valence-corrected chi connectivity index (χ1v) is 9.76. The van der Waals surface area contributed by atoms with Crippen LogP contribution < -0.4 is 0 Å². The number of hydrogen-bond donors (Lipinski definition) is 0. The Hall–Kier alpha value is -0.910. The molecule has 134 valence electrons. The Morgan fingerprint density at radius 1 is 1.17 bits per heavy atom. The average Bonchev–Trinajstić information content (AvgIpc) is 3.31. The Balaban J connectivity index is 1.45. The highest BCUT2D eigenvalue weighted by atomic mass is 16.5. The molecule has 3 aliphatic rings. The van der Waals surface area contributed by atoms with Gasteiger partial charge in [-0.1, -0.05) is 0 Å². The van der Waals surface area contributed by atoms with Crippen molar-refractivity contribution in [1.82, 2.24) is 14.7 Å². The molecule has 0 bridgehead atoms. The van der Waals surface area contributed by atoms with Crippen molar-refractivity contribution < 1.29 is 9.47 Å². The maximum absolute atomic E-state index is 5.77. The third-order valence-corrected chi connectivity index (χ3v) is 5.65. The Bertz CT molecular complexity index is 535. The molecule has 0 N–H and O–H groups in total. The molecule has 24 heavy (non-hydrogen) atoms. The Morgan fingerprint density at radius 2 is 1.96 bits per heavy atom. The molecule has 0 radical (unpaired) electrons. The van der Waals surface area contributed by atoms with Gasteiger partial charge < -0.3 is 9.47 Å². The van der Waals surface area contributed by atoms with Crippen molar-refractivity contribution in [3.63, 3.8) is 0 Å². The third-order valence-electron chi connectivity index (χ3n) is 5.65. The molecule has 0 amide bonds. The van der Waals surface area contributed by atoms with Gasteiger partial charge in [-0.2, -0.15) is 5.10 Å². The van der Waals surface area contributed by atoms with Gasteiger partial charge in [0, 0.05) is 63.7 Å². The van der Waals surface area contributed by atoms with E-state index in [1.165, 1.54) is 43.5 Å². The van der Waals surface area contributed by atoms with Crippen LogP contribution in [-0.2, 0) is 22.6 Å². The van der Waals surface area contributed by atoms with Gasteiger partial charge in [0.05, 0.1) is 12.3 Å². The standard InChI is InChI=1S/C19H31N3O2/c1-2-23-14-18-12-21(9-16-5-7-24-8-6-16)11-17-13-22(20-19(17)18)10-15-3-4-15/h13,15-16,18H,2-12,14H2,1H3/t18-/m0/s1. The molecule has 1 saturated heterocycles. The second kappa shape index (κ2) is 7.54. The first kappa shape index (κ1) is 16.6. The number of ether oxygens (including phenoxy) is 2. The van der Waals surface area contributed by atoms with Crippen molar-refractivity contribution in [2.24, 2.45) is 11.8 Å². The van der Waals surface area contributed by atoms with Gasteiger partial charge >= 0.3 is 0 Å². The molecule has 1 aliphatic carbocycles. The van der Waals surface area contributed by atoms with Crippen molar-refractivity contribution in [3.8, 4) is 0 Å². The smallest absolute Gasteiger partial charge is 0.0736 e. The van der Waals surface area contributed by atoms with Crippen LogP contribution >= 0.6 is 0 Å². The lowest BCUT2D eigenvalue weighted by atomic mass is 9.94. The number of rotatable bonds is 7. The SMILES string of the molecule is CCOC[C@@H]1CN(CC2CCOCC2)Cc2cn(CC3CC3)nc21. The fraction of sp³-hybridized carbons (Fsp3) is 0.842. The van der Waals surface area contributed by atoms with Crippen molar-refractivity contribution in [1.29, 1.82) is 0 Å². The molecule has 5 heteroatoms. The molecule has 0 aromatic carbocycles. The van der Waals surface area contributed by atoms with Crippen LogP contribution in [0.5, 0.6) is 0 Å². The topological polar surface area (TPSA) is 39.5 Å². The van der Waals surface area contributed by atoms with E-state index in [2.05, 4.69) is 22.7 Å². The molecule has 0 unspecified atom stereocenters. The molecule has 1 saturated carbocycles. The zero-order valence-electron chi connectivity index (χ0n) is 15.0. The van der Waals surface area contributed by atoms with Gasteiger partial charge in [-0.3, -0.25) is 9.58 Å². The monoisotopic (exact) mass is 333 g/mol. The second-order valence-electron chi connectivity index (χ2n) is 7.81. The zero-order chi connectivity index (χ0) is 16.4. The van der Waals surface area contributed by atoms with Crippen LogP contribution in [0.3, 0.4) is 0 Å². The summed E-state index contributed by atoms with van der Waals surface area (Å²) in [6, 6.07) is 0. The maximum Gasteiger partial charge on any atom is 0.0736 e. The van der Waals surface area contributed by atoms with Crippen LogP contribution in [0.2, 0.25) is 0 Å². The van der Waals surface area contributed by atoms with Crippen molar-refractivity contribution in [2.75, 3.05) is 39.5 Å². The molecule has 1 atom stereocenters. The van der Waals surface area contributed by atoms with Gasteiger partial charge in [-0.05, 0) is 44.4 Å². The van der Waals surface area contributed by atoms with Crippen molar-refractivity contribution in [2.45, 2.75) is 51.6 Å². The fourth-order valence-electron chi connectivity index (χ4n) is 4.13. The first-order chi connectivity index (χ1) is 11.8. The van der Waals surface area contributed by atoms with E-state index in [9.17, 15) is 0 Å². The molecule has 0 spiro atoms. The van der Waals surface area contributed by atoms with E-state index in [1.54, 1.807) is 0 Å². The van der Waals surface area contributed by atoms with Gasteiger partial charge in [0.25, 0.3) is 0 Å². The van der Waals surface area contributed by atoms with Crippen LogP contribution in [0.15, 0.2) is 6.20 Å². The lowest BCUT2D eigenvalue weighted by Gasteiger charge is -2.35. The Kier molecular flexibility index (Phi) is 5.20. The number of fused-ring (bicyclic) bond motifs is 1. The molecular weight excluding hydrogens is 302 g/mol. The summed E-state index contributed by atoms with van der Waals surface area (Å²) in [4.78, 5) is 2.63. The molecular formula is C19H31N3O2. The average molecular weight is 333 g/mol. The Labute approximate surface area is 145 Å². The minimum atomic E-state index is 0.425. The fourth-order valence-corrected chi connectivity index (χ4v) is 4.13. The second-order valence-corrected chi connectivity index (χ2v) is 7.81. The lowest BCUT2D eigenvalue weighted by Crippen LogP contribution is -2.39. The summed E-state index contributed by atoms with van der Waals surface area (Å²) in [6.07, 6.45) is 7.48. The predicted molar refractivity (Wildman–Crippen MR) is 93.0 cm³/mol. The van der Waals surface area contributed by atoms with Gasteiger partial charge in [-0.25, -0.2) is 0 Å². The highest BCUT2D eigenvalue weighted by Gasteiger charge is 2.31. The van der Waals surface area contributed by atoms with Gasteiger partial charge in [-0.15, -0.1) is 0 Å². The normalized spacial score (nSPS) is 25.8. The molecule has 2 fully saturated rings. The predicted octanol–water partition coefficient (Wildman–Crippen LogP) is 2.66. The minimum absolute atomic E-state index is 0.425. The zero-order valence-corrected chi connectivity index (χ0v) is 15.0. The molecule has 4 rings (SSSR count). The molecule has 1 aromatic heterocycles. The maximum atomic E-state index is 5.77. The van der Waals surface area contributed by atoms with Gasteiger partial charge in [0.2, 0.25) is 0 Å². The summed E-state index contributed by atoms with van der Waals surface area (Å²) >= 11 is 0. The lowest BCUT2D eigenvalue weighted by molar-refractivity contribution is 0.0444. The summed E-state index contributed by atoms with van der Waals surface area (Å²) in [5, 5.41) is 4.94. The Morgan fingerprint density at radius 3 is 2.71 bits per heavy atom. The van der Waals surface area contributed by atoms with Crippen LogP contribution in [0.4, 0.5) is 0 Å². The third kappa shape index (κ3) is 4.01. The summed E-state index contributed by atoms with van der Waals surface area (Å²) < 4.78 is 13.5. The van der Waals surface area contributed by atoms with Crippen LogP contribution in [0.25, 0.3) is 0 Å². The van der Waals surface area contributed by atoms with E-state index in [-0.39, 0.29) is 0 Å². The van der Waals surface area contributed by atoms with Crippen LogP contribution in [-0.4, -0.2) is 54.2 Å². The van der Waals surface area contributed by atoms with E-state index in [4.69, 9.17) is 14.6 Å². The molecule has 1 aromatic rings. The van der Waals surface area contributed by atoms with E-state index in [1.807, 2.05) is 0 Å². The van der Waals surface area contributed by atoms with E-state index >= 15 is 0 Å². The van der Waals surface area contributed by atoms with E-state index in [0.29, 0.717) is 5.92 Å². The largest absolute Gasteiger partial charge is 0.381 e. The molecule has 5 nitrogen and oxygen atoms in total. The summed E-state index contributed by atoms with van der Waals surface area (Å²) in [5.74, 6) is 2.08. The van der Waals surface area contributed by atoms with Crippen molar-refractivity contribution >= 4 is 0 Å².